The molecule has 6 heteroatoms. The molecule has 1 amide bonds. The fourth-order valence-electron chi connectivity index (χ4n) is 1.84. The molecule has 0 bridgehead atoms. The first-order chi connectivity index (χ1) is 8.73. The molecule has 1 aromatic rings. The monoisotopic (exact) mass is 283 g/mol. The van der Waals surface area contributed by atoms with Gasteiger partial charge in [-0.2, -0.15) is 0 Å². The molecule has 1 aromatic heterocycles. The molecule has 2 atom stereocenters. The molecule has 19 heavy (non-hydrogen) atoms. The van der Waals surface area contributed by atoms with Crippen molar-refractivity contribution in [1.29, 1.82) is 0 Å². The van der Waals surface area contributed by atoms with Crippen LogP contribution in [0.4, 0.5) is 5.13 Å². The number of hydrogen-bond donors (Lipinski definition) is 2. The molecule has 1 aliphatic heterocycles. The highest BCUT2D eigenvalue weighted by Crippen LogP contribution is 2.31. The number of anilines is 1. The number of nitrogens with zero attached hydrogens (tertiary/aromatic N) is 1. The summed E-state index contributed by atoms with van der Waals surface area (Å²) in [7, 11) is 0. The summed E-state index contributed by atoms with van der Waals surface area (Å²) in [6, 6.07) is -0.269. The van der Waals surface area contributed by atoms with Crippen LogP contribution in [0.5, 0.6) is 0 Å². The van der Waals surface area contributed by atoms with Crippen LogP contribution in [0.3, 0.4) is 0 Å². The Morgan fingerprint density at radius 1 is 1.63 bits per heavy atom. The van der Waals surface area contributed by atoms with Gasteiger partial charge in [0.2, 0.25) is 5.91 Å². The van der Waals surface area contributed by atoms with Gasteiger partial charge in [0.1, 0.15) is 0 Å². The van der Waals surface area contributed by atoms with Crippen molar-refractivity contribution in [3.63, 3.8) is 0 Å². The van der Waals surface area contributed by atoms with Crippen LogP contribution in [0, 0.1) is 5.41 Å². The first-order valence-corrected chi connectivity index (χ1v) is 7.22. The maximum atomic E-state index is 12.3. The van der Waals surface area contributed by atoms with Crippen LogP contribution in [0.15, 0.2) is 5.38 Å². The molecule has 106 valence electrons. The minimum Gasteiger partial charge on any atom is -0.379 e. The lowest BCUT2D eigenvalue weighted by atomic mass is 9.85. The maximum Gasteiger partial charge on any atom is 0.236 e. The van der Waals surface area contributed by atoms with Crippen molar-refractivity contribution in [3.05, 3.63) is 11.1 Å². The molecular formula is C13H21N3O2S. The molecule has 0 spiro atoms. The lowest BCUT2D eigenvalue weighted by molar-refractivity contribution is -0.125. The Balaban J connectivity index is 2.09. The minimum absolute atomic E-state index is 0.0176. The minimum atomic E-state index is -0.673. The molecule has 1 aliphatic rings. The second-order valence-corrected chi connectivity index (χ2v) is 7.14. The highest BCUT2D eigenvalue weighted by Gasteiger charge is 2.44. The Morgan fingerprint density at radius 3 is 2.79 bits per heavy atom. The van der Waals surface area contributed by atoms with E-state index in [2.05, 4.69) is 31.1 Å². The third-order valence-electron chi connectivity index (χ3n) is 3.53. The highest BCUT2D eigenvalue weighted by molar-refractivity contribution is 7.14. The Labute approximate surface area is 117 Å². The molecule has 2 heterocycles. The number of carbonyl (C=O) groups is 1. The number of thiazole rings is 1. The fraction of sp³-hybridized carbons (Fsp3) is 0.692. The van der Waals surface area contributed by atoms with E-state index in [1.54, 1.807) is 0 Å². The third-order valence-corrected chi connectivity index (χ3v) is 4.29. The molecule has 2 unspecified atom stereocenters. The van der Waals surface area contributed by atoms with Gasteiger partial charge in [0.25, 0.3) is 0 Å². The molecule has 0 radical (unpaired) electrons. The number of amides is 1. The average Bonchev–Trinajstić information content (AvgIpc) is 2.87. The summed E-state index contributed by atoms with van der Waals surface area (Å²) in [4.78, 5) is 16.8. The summed E-state index contributed by atoms with van der Waals surface area (Å²) in [6.45, 7) is 8.89. The summed E-state index contributed by atoms with van der Waals surface area (Å²) in [6.07, 6.45) is 0. The number of nitrogens with two attached hydrogens (primary N) is 1. The Kier molecular flexibility index (Phi) is 3.68. The molecule has 0 aliphatic carbocycles. The van der Waals surface area contributed by atoms with Gasteiger partial charge in [-0.15, -0.1) is 11.3 Å². The standard InChI is InChI=1S/C13H21N3O2S/c1-12(2,3)9-6-19-11(15-9)16-10(17)13(4)7-18-5-8(13)14/h6,8H,5,7,14H2,1-4H3,(H,15,16,17). The van der Waals surface area contributed by atoms with Crippen molar-refractivity contribution in [2.45, 2.75) is 39.2 Å². The van der Waals surface area contributed by atoms with Gasteiger partial charge in [0.05, 0.1) is 24.3 Å². The fourth-order valence-corrected chi connectivity index (χ4v) is 2.77. The SMILES string of the molecule is CC(C)(C)c1csc(NC(=O)C2(C)COCC2N)n1. The number of carbonyl (C=O) groups excluding carboxylic acids is 1. The van der Waals surface area contributed by atoms with E-state index in [0.29, 0.717) is 18.3 Å². The van der Waals surface area contributed by atoms with Crippen LogP contribution >= 0.6 is 11.3 Å². The topological polar surface area (TPSA) is 77.2 Å². The normalized spacial score (nSPS) is 27.5. The molecular weight excluding hydrogens is 262 g/mol. The van der Waals surface area contributed by atoms with Gasteiger partial charge < -0.3 is 15.8 Å². The maximum absolute atomic E-state index is 12.3. The molecule has 0 aromatic carbocycles. The van der Waals surface area contributed by atoms with E-state index in [4.69, 9.17) is 10.5 Å². The average molecular weight is 283 g/mol. The molecule has 1 saturated heterocycles. The van der Waals surface area contributed by atoms with Gasteiger partial charge >= 0.3 is 0 Å². The van der Waals surface area contributed by atoms with Gasteiger partial charge in [-0.1, -0.05) is 20.8 Å². The first-order valence-electron chi connectivity index (χ1n) is 6.34. The van der Waals surface area contributed by atoms with Crippen molar-refractivity contribution < 1.29 is 9.53 Å². The van der Waals surface area contributed by atoms with E-state index in [-0.39, 0.29) is 17.4 Å². The number of aromatic nitrogens is 1. The smallest absolute Gasteiger partial charge is 0.236 e. The third kappa shape index (κ3) is 2.80. The van der Waals surface area contributed by atoms with E-state index < -0.39 is 5.41 Å². The van der Waals surface area contributed by atoms with Crippen LogP contribution in [-0.4, -0.2) is 30.1 Å². The van der Waals surface area contributed by atoms with Crippen molar-refractivity contribution in [2.24, 2.45) is 11.1 Å². The summed E-state index contributed by atoms with van der Waals surface area (Å²) in [5, 5.41) is 5.45. The van der Waals surface area contributed by atoms with Gasteiger partial charge in [0.15, 0.2) is 5.13 Å². The summed E-state index contributed by atoms with van der Waals surface area (Å²) >= 11 is 1.44. The number of ether oxygens (including phenoxy) is 1. The second kappa shape index (κ2) is 4.85. The van der Waals surface area contributed by atoms with Crippen LogP contribution in [-0.2, 0) is 14.9 Å². The number of hydrogen-bond acceptors (Lipinski definition) is 5. The number of rotatable bonds is 2. The first kappa shape index (κ1) is 14.4. The Hall–Kier alpha value is -0.980. The predicted octanol–water partition coefficient (Wildman–Crippen LogP) is 1.74. The summed E-state index contributed by atoms with van der Waals surface area (Å²) in [5.74, 6) is -0.118. The van der Waals surface area contributed by atoms with Crippen molar-refractivity contribution in [1.82, 2.24) is 4.98 Å². The zero-order valence-electron chi connectivity index (χ0n) is 11.8. The van der Waals surface area contributed by atoms with Crippen molar-refractivity contribution in [3.8, 4) is 0 Å². The molecule has 5 nitrogen and oxygen atoms in total. The predicted molar refractivity (Wildman–Crippen MR) is 76.3 cm³/mol. The molecule has 2 rings (SSSR count). The molecule has 3 N–H and O–H groups in total. The van der Waals surface area contributed by atoms with Gasteiger partial charge in [0, 0.05) is 16.8 Å². The summed E-state index contributed by atoms with van der Waals surface area (Å²) in [5.41, 5.74) is 6.23. The quantitative estimate of drug-likeness (QED) is 0.866. The van der Waals surface area contributed by atoms with E-state index in [1.807, 2.05) is 12.3 Å². The molecule has 1 fully saturated rings. The van der Waals surface area contributed by atoms with Crippen LogP contribution in [0.25, 0.3) is 0 Å². The van der Waals surface area contributed by atoms with Gasteiger partial charge in [-0.3, -0.25) is 4.79 Å². The Morgan fingerprint density at radius 2 is 2.32 bits per heavy atom. The van der Waals surface area contributed by atoms with Gasteiger partial charge in [-0.05, 0) is 6.92 Å². The summed E-state index contributed by atoms with van der Waals surface area (Å²) < 4.78 is 5.29. The van der Waals surface area contributed by atoms with Crippen LogP contribution in [0.2, 0.25) is 0 Å². The van der Waals surface area contributed by atoms with Crippen LogP contribution < -0.4 is 11.1 Å². The zero-order valence-corrected chi connectivity index (χ0v) is 12.6. The van der Waals surface area contributed by atoms with Crippen molar-refractivity contribution >= 4 is 22.4 Å². The van der Waals surface area contributed by atoms with E-state index in [9.17, 15) is 4.79 Å². The number of nitrogens with one attached hydrogen (secondary N) is 1. The second-order valence-electron chi connectivity index (χ2n) is 6.28. The van der Waals surface area contributed by atoms with Gasteiger partial charge in [-0.25, -0.2) is 4.98 Å². The lowest BCUT2D eigenvalue weighted by Gasteiger charge is -2.24. The van der Waals surface area contributed by atoms with Crippen molar-refractivity contribution in [2.75, 3.05) is 18.5 Å². The zero-order chi connectivity index (χ0) is 14.3. The van der Waals surface area contributed by atoms with E-state index >= 15 is 0 Å². The largest absolute Gasteiger partial charge is 0.379 e. The molecule has 0 saturated carbocycles. The highest BCUT2D eigenvalue weighted by atomic mass is 32.1. The van der Waals surface area contributed by atoms with E-state index in [0.717, 1.165) is 5.69 Å². The van der Waals surface area contributed by atoms with E-state index in [1.165, 1.54) is 11.3 Å². The van der Waals surface area contributed by atoms with Crippen LogP contribution in [0.1, 0.15) is 33.4 Å². The Bertz CT molecular complexity index is 480. The lowest BCUT2D eigenvalue weighted by Crippen LogP contribution is -2.47.